The number of hydrogen-bond acceptors (Lipinski definition) is 5. The van der Waals surface area contributed by atoms with E-state index in [0.29, 0.717) is 40.2 Å². The van der Waals surface area contributed by atoms with Crippen LogP contribution in [-0.2, 0) is 26.2 Å². The van der Waals surface area contributed by atoms with Crippen LogP contribution in [-0.4, -0.2) is 50.9 Å². The van der Waals surface area contributed by atoms with Gasteiger partial charge in [-0.2, -0.15) is 0 Å². The fourth-order valence-corrected chi connectivity index (χ4v) is 5.96. The van der Waals surface area contributed by atoms with E-state index in [9.17, 15) is 18.0 Å². The third-order valence-electron chi connectivity index (χ3n) is 6.40. The molecule has 0 aliphatic heterocycles. The number of ether oxygens (including phenoxy) is 1. The number of unbranched alkanes of at least 4 members (excludes halogenated alkanes) is 1. The zero-order chi connectivity index (χ0) is 30.0. The average molecular weight is 621 g/mol. The summed E-state index contributed by atoms with van der Waals surface area (Å²) < 4.78 is 34.3. The number of carbonyl (C=O) groups excluding carboxylic acids is 2. The third kappa shape index (κ3) is 8.61. The van der Waals surface area contributed by atoms with E-state index in [2.05, 4.69) is 5.32 Å². The maximum Gasteiger partial charge on any atom is 0.264 e. The fourth-order valence-electron chi connectivity index (χ4n) is 4.08. The van der Waals surface area contributed by atoms with E-state index in [-0.39, 0.29) is 17.3 Å². The molecule has 2 amide bonds. The normalized spacial score (nSPS) is 11.9. The van der Waals surface area contributed by atoms with Crippen LogP contribution in [0.3, 0.4) is 0 Å². The van der Waals surface area contributed by atoms with Crippen molar-refractivity contribution in [1.82, 2.24) is 10.2 Å². The van der Waals surface area contributed by atoms with E-state index in [1.807, 2.05) is 13.8 Å². The van der Waals surface area contributed by atoms with E-state index >= 15 is 0 Å². The number of anilines is 1. The van der Waals surface area contributed by atoms with Crippen LogP contribution in [0.1, 0.15) is 39.2 Å². The van der Waals surface area contributed by atoms with Crippen molar-refractivity contribution >= 4 is 50.7 Å². The Morgan fingerprint density at radius 1 is 0.976 bits per heavy atom. The molecule has 1 N–H and O–H groups in total. The highest BCUT2D eigenvalue weighted by Crippen LogP contribution is 2.27. The van der Waals surface area contributed by atoms with Crippen molar-refractivity contribution in [3.8, 4) is 5.75 Å². The zero-order valence-corrected chi connectivity index (χ0v) is 25.7. The molecule has 0 bridgehead atoms. The Morgan fingerprint density at radius 2 is 1.66 bits per heavy atom. The number of nitrogens with zero attached hydrogens (tertiary/aromatic N) is 2. The number of rotatable bonds is 14. The van der Waals surface area contributed by atoms with Gasteiger partial charge in [0.2, 0.25) is 11.8 Å². The maximum atomic E-state index is 14.0. The molecule has 0 heterocycles. The topological polar surface area (TPSA) is 96.0 Å². The van der Waals surface area contributed by atoms with Crippen molar-refractivity contribution in [1.29, 1.82) is 0 Å². The van der Waals surface area contributed by atoms with E-state index in [4.69, 9.17) is 27.9 Å². The van der Waals surface area contributed by atoms with Crippen LogP contribution in [0.25, 0.3) is 0 Å². The van der Waals surface area contributed by atoms with E-state index < -0.39 is 28.5 Å². The Bertz CT molecular complexity index is 1420. The minimum Gasteiger partial charge on any atom is -0.494 e. The number of para-hydroxylation sites is 1. The van der Waals surface area contributed by atoms with Gasteiger partial charge in [0.25, 0.3) is 10.0 Å². The number of carbonyl (C=O) groups is 2. The number of nitrogens with one attached hydrogen (secondary N) is 1. The fraction of sp³-hybridized carbons (Fsp3) is 0.333. The van der Waals surface area contributed by atoms with Crippen LogP contribution < -0.4 is 14.4 Å². The predicted molar refractivity (Wildman–Crippen MR) is 163 cm³/mol. The molecule has 0 fully saturated rings. The van der Waals surface area contributed by atoms with Crippen molar-refractivity contribution in [3.63, 3.8) is 0 Å². The van der Waals surface area contributed by atoms with Gasteiger partial charge >= 0.3 is 0 Å². The van der Waals surface area contributed by atoms with Gasteiger partial charge in [-0.1, -0.05) is 60.8 Å². The molecular formula is C30H35Cl2N3O5S. The van der Waals surface area contributed by atoms with Crippen molar-refractivity contribution in [2.24, 2.45) is 0 Å². The summed E-state index contributed by atoms with van der Waals surface area (Å²) >= 11 is 12.5. The van der Waals surface area contributed by atoms with Gasteiger partial charge in [0.1, 0.15) is 18.3 Å². The summed E-state index contributed by atoms with van der Waals surface area (Å²) in [4.78, 5) is 28.3. The molecule has 0 aliphatic carbocycles. The average Bonchev–Trinajstić information content (AvgIpc) is 2.96. The first-order chi connectivity index (χ1) is 19.6. The van der Waals surface area contributed by atoms with Gasteiger partial charge in [0.15, 0.2) is 0 Å². The largest absolute Gasteiger partial charge is 0.494 e. The first kappa shape index (κ1) is 32.2. The lowest BCUT2D eigenvalue weighted by atomic mass is 10.1. The van der Waals surface area contributed by atoms with Crippen LogP contribution in [0, 0.1) is 0 Å². The second-order valence-electron chi connectivity index (χ2n) is 9.33. The van der Waals surface area contributed by atoms with Gasteiger partial charge in [0.05, 0.1) is 17.2 Å². The maximum absolute atomic E-state index is 14.0. The number of halogens is 2. The molecule has 8 nitrogen and oxygen atoms in total. The number of benzene rings is 3. The first-order valence-electron chi connectivity index (χ1n) is 13.4. The molecule has 1 unspecified atom stereocenters. The molecule has 0 aliphatic rings. The second kappa shape index (κ2) is 15.1. The van der Waals surface area contributed by atoms with Crippen molar-refractivity contribution in [3.05, 3.63) is 88.4 Å². The highest BCUT2D eigenvalue weighted by Gasteiger charge is 2.32. The van der Waals surface area contributed by atoms with Crippen LogP contribution >= 0.6 is 23.2 Å². The van der Waals surface area contributed by atoms with Crippen molar-refractivity contribution < 1.29 is 22.7 Å². The van der Waals surface area contributed by atoms with E-state index in [1.165, 1.54) is 17.0 Å². The molecule has 0 aromatic heterocycles. The van der Waals surface area contributed by atoms with Gasteiger partial charge in [-0.25, -0.2) is 8.42 Å². The predicted octanol–water partition coefficient (Wildman–Crippen LogP) is 5.92. The summed E-state index contributed by atoms with van der Waals surface area (Å²) in [7, 11) is -4.18. The molecule has 41 heavy (non-hydrogen) atoms. The quantitative estimate of drug-likeness (QED) is 0.226. The lowest BCUT2D eigenvalue weighted by Crippen LogP contribution is -2.51. The van der Waals surface area contributed by atoms with Crippen LogP contribution in [0.4, 0.5) is 5.69 Å². The Balaban J connectivity index is 1.99. The Hall–Kier alpha value is -3.27. The lowest BCUT2D eigenvalue weighted by Gasteiger charge is -2.32. The van der Waals surface area contributed by atoms with E-state index in [0.717, 1.165) is 17.1 Å². The molecule has 220 valence electrons. The highest BCUT2D eigenvalue weighted by molar-refractivity contribution is 7.92. The second-order valence-corrected chi connectivity index (χ2v) is 12.0. The molecular weight excluding hydrogens is 585 g/mol. The molecule has 1 atom stereocenters. The molecule has 0 radical (unpaired) electrons. The number of amides is 2. The van der Waals surface area contributed by atoms with Gasteiger partial charge in [-0.3, -0.25) is 13.9 Å². The standard InChI is InChI=1S/C30H35Cl2N3O5S/c1-4-6-18-33-30(37)22(3)34(20-23-12-13-24(31)19-28(23)32)29(36)21-35(25-10-8-7-9-11-25)41(38,39)27-16-14-26(15-17-27)40-5-2/h7-17,19,22H,4-6,18,20-21H2,1-3H3,(H,33,37). The molecule has 3 aromatic rings. The summed E-state index contributed by atoms with van der Waals surface area (Å²) in [6.07, 6.45) is 1.69. The van der Waals surface area contributed by atoms with Crippen LogP contribution in [0.2, 0.25) is 10.0 Å². The SMILES string of the molecule is CCCCNC(=O)C(C)N(Cc1ccc(Cl)cc1Cl)C(=O)CN(c1ccccc1)S(=O)(=O)c1ccc(OCC)cc1. The first-order valence-corrected chi connectivity index (χ1v) is 15.6. The van der Waals surface area contributed by atoms with Crippen molar-refractivity contribution in [2.45, 2.75) is 51.1 Å². The molecule has 0 saturated carbocycles. The minimum absolute atomic E-state index is 0.00439. The summed E-state index contributed by atoms with van der Waals surface area (Å²) in [5, 5.41) is 3.61. The molecule has 3 rings (SSSR count). The lowest BCUT2D eigenvalue weighted by molar-refractivity contribution is -0.139. The molecule has 11 heteroatoms. The van der Waals surface area contributed by atoms with Gasteiger partial charge in [-0.05, 0) is 74.4 Å². The van der Waals surface area contributed by atoms with Crippen LogP contribution in [0.15, 0.2) is 77.7 Å². The van der Waals surface area contributed by atoms with Crippen molar-refractivity contribution in [2.75, 3.05) is 24.0 Å². The number of sulfonamides is 1. The Kier molecular flexibility index (Phi) is 11.9. The summed E-state index contributed by atoms with van der Waals surface area (Å²) in [5.41, 5.74) is 0.873. The minimum atomic E-state index is -4.18. The molecule has 0 saturated heterocycles. The molecule has 3 aromatic carbocycles. The van der Waals surface area contributed by atoms with Gasteiger partial charge in [0, 0.05) is 23.1 Å². The third-order valence-corrected chi connectivity index (χ3v) is 8.77. The summed E-state index contributed by atoms with van der Waals surface area (Å²) in [5.74, 6) is -0.396. The Labute approximate surface area is 252 Å². The zero-order valence-electron chi connectivity index (χ0n) is 23.3. The summed E-state index contributed by atoms with van der Waals surface area (Å²) in [6, 6.07) is 18.3. The summed E-state index contributed by atoms with van der Waals surface area (Å²) in [6.45, 7) is 5.79. The molecule has 0 spiro atoms. The smallest absolute Gasteiger partial charge is 0.264 e. The van der Waals surface area contributed by atoms with E-state index in [1.54, 1.807) is 67.6 Å². The Morgan fingerprint density at radius 3 is 2.27 bits per heavy atom. The number of hydrogen-bond donors (Lipinski definition) is 1. The van der Waals surface area contributed by atoms with Crippen LogP contribution in [0.5, 0.6) is 5.75 Å². The highest BCUT2D eigenvalue weighted by atomic mass is 35.5. The van der Waals surface area contributed by atoms with Gasteiger partial charge in [-0.15, -0.1) is 0 Å². The monoisotopic (exact) mass is 619 g/mol. The van der Waals surface area contributed by atoms with Gasteiger partial charge < -0.3 is 15.0 Å².